The van der Waals surface area contributed by atoms with E-state index in [0.29, 0.717) is 12.2 Å². The molecule has 0 aliphatic carbocycles. The van der Waals surface area contributed by atoms with Crippen molar-refractivity contribution in [1.82, 2.24) is 10.4 Å². The van der Waals surface area contributed by atoms with E-state index in [1.54, 1.807) is 12.3 Å². The molecule has 0 radical (unpaired) electrons. The van der Waals surface area contributed by atoms with Crippen LogP contribution in [0.15, 0.2) is 36.7 Å². The number of halogens is 1. The van der Waals surface area contributed by atoms with Crippen LogP contribution in [0.3, 0.4) is 0 Å². The monoisotopic (exact) mass is 259 g/mol. The summed E-state index contributed by atoms with van der Waals surface area (Å²) in [6, 6.07) is 7.02. The molecule has 0 amide bonds. The zero-order valence-electron chi connectivity index (χ0n) is 10.3. The summed E-state index contributed by atoms with van der Waals surface area (Å²) < 4.78 is 19.5. The second kappa shape index (κ2) is 4.95. The van der Waals surface area contributed by atoms with Gasteiger partial charge in [-0.25, -0.2) is 9.82 Å². The summed E-state index contributed by atoms with van der Waals surface area (Å²) in [5.74, 6) is 6.03. The molecule has 5 heteroatoms. The quantitative estimate of drug-likeness (QED) is 0.650. The smallest absolute Gasteiger partial charge is 0.146 e. The summed E-state index contributed by atoms with van der Waals surface area (Å²) in [7, 11) is 0. The van der Waals surface area contributed by atoms with Crippen molar-refractivity contribution in [3.05, 3.63) is 59.2 Å². The minimum absolute atomic E-state index is 0.388. The van der Waals surface area contributed by atoms with E-state index >= 15 is 0 Å². The molecule has 2 heterocycles. The summed E-state index contributed by atoms with van der Waals surface area (Å²) >= 11 is 0. The fraction of sp³-hybridized carbons (Fsp3) is 0.214. The molecule has 1 aromatic carbocycles. The molecule has 4 nitrogen and oxygen atoms in total. The van der Waals surface area contributed by atoms with Crippen molar-refractivity contribution in [2.75, 3.05) is 6.61 Å². The van der Waals surface area contributed by atoms with Crippen molar-refractivity contribution < 1.29 is 9.13 Å². The van der Waals surface area contributed by atoms with Crippen LogP contribution >= 0.6 is 0 Å². The SMILES string of the molecule is NNC(c1ccncc1F)c1cccc2c1OCC2. The Morgan fingerprint density at radius 1 is 1.32 bits per heavy atom. The number of aromatic nitrogens is 1. The van der Waals surface area contributed by atoms with E-state index in [4.69, 9.17) is 10.6 Å². The molecule has 0 saturated carbocycles. The van der Waals surface area contributed by atoms with Gasteiger partial charge in [-0.05, 0) is 11.6 Å². The molecular weight excluding hydrogens is 245 g/mol. The standard InChI is InChI=1S/C14H14FN3O/c15-12-8-17-6-4-10(12)13(18-16)11-3-1-2-9-5-7-19-14(9)11/h1-4,6,8,13,18H,5,7,16H2. The number of ether oxygens (including phenoxy) is 1. The lowest BCUT2D eigenvalue weighted by Gasteiger charge is -2.19. The Morgan fingerprint density at radius 2 is 2.21 bits per heavy atom. The van der Waals surface area contributed by atoms with Crippen molar-refractivity contribution in [3.63, 3.8) is 0 Å². The molecule has 3 rings (SSSR count). The zero-order chi connectivity index (χ0) is 13.2. The Balaban J connectivity index is 2.09. The first-order valence-corrected chi connectivity index (χ1v) is 6.11. The van der Waals surface area contributed by atoms with E-state index in [9.17, 15) is 4.39 Å². The van der Waals surface area contributed by atoms with Gasteiger partial charge in [0.2, 0.25) is 0 Å². The molecule has 19 heavy (non-hydrogen) atoms. The van der Waals surface area contributed by atoms with Gasteiger partial charge >= 0.3 is 0 Å². The predicted octanol–water partition coefficient (Wildman–Crippen LogP) is 1.71. The molecule has 2 aromatic rings. The number of hydrogen-bond acceptors (Lipinski definition) is 4. The number of fused-ring (bicyclic) bond motifs is 1. The van der Waals surface area contributed by atoms with E-state index in [2.05, 4.69) is 10.4 Å². The second-order valence-electron chi connectivity index (χ2n) is 4.43. The maximum Gasteiger partial charge on any atom is 0.146 e. The highest BCUT2D eigenvalue weighted by molar-refractivity contribution is 5.48. The van der Waals surface area contributed by atoms with Gasteiger partial charge in [0, 0.05) is 23.7 Å². The number of nitrogens with two attached hydrogens (primary N) is 1. The molecular formula is C14H14FN3O. The first-order valence-electron chi connectivity index (χ1n) is 6.11. The lowest BCUT2D eigenvalue weighted by molar-refractivity contribution is 0.350. The van der Waals surface area contributed by atoms with Gasteiger partial charge in [0.15, 0.2) is 0 Å². The average molecular weight is 259 g/mol. The average Bonchev–Trinajstić information content (AvgIpc) is 2.91. The highest BCUT2D eigenvalue weighted by atomic mass is 19.1. The van der Waals surface area contributed by atoms with Crippen molar-refractivity contribution in [2.24, 2.45) is 5.84 Å². The number of nitrogens with one attached hydrogen (secondary N) is 1. The van der Waals surface area contributed by atoms with E-state index in [-0.39, 0.29) is 5.82 Å². The molecule has 0 spiro atoms. The van der Waals surface area contributed by atoms with Gasteiger partial charge in [0.25, 0.3) is 0 Å². The Hall–Kier alpha value is -1.98. The summed E-state index contributed by atoms with van der Waals surface area (Å²) in [4.78, 5) is 3.75. The number of para-hydroxylation sites is 1. The van der Waals surface area contributed by atoms with Crippen molar-refractivity contribution in [1.29, 1.82) is 0 Å². The van der Waals surface area contributed by atoms with Gasteiger partial charge in [-0.2, -0.15) is 0 Å². The molecule has 0 bridgehead atoms. The third-order valence-electron chi connectivity index (χ3n) is 3.34. The van der Waals surface area contributed by atoms with Gasteiger partial charge in [0.1, 0.15) is 11.6 Å². The summed E-state index contributed by atoms with van der Waals surface area (Å²) in [6.07, 6.45) is 3.61. The lowest BCUT2D eigenvalue weighted by Crippen LogP contribution is -2.29. The largest absolute Gasteiger partial charge is 0.493 e. The van der Waals surface area contributed by atoms with Crippen LogP contribution in [0.25, 0.3) is 0 Å². The predicted molar refractivity (Wildman–Crippen MR) is 69.0 cm³/mol. The van der Waals surface area contributed by atoms with Crippen LogP contribution in [-0.2, 0) is 6.42 Å². The van der Waals surface area contributed by atoms with Crippen molar-refractivity contribution in [3.8, 4) is 5.75 Å². The number of benzene rings is 1. The normalized spacial score (nSPS) is 14.8. The molecule has 1 atom stereocenters. The first kappa shape index (κ1) is 12.1. The molecule has 1 aromatic heterocycles. The highest BCUT2D eigenvalue weighted by Gasteiger charge is 2.24. The molecule has 0 saturated heterocycles. The Kier molecular flexibility index (Phi) is 3.15. The zero-order valence-corrected chi connectivity index (χ0v) is 10.3. The van der Waals surface area contributed by atoms with Gasteiger partial charge in [0.05, 0.1) is 18.8 Å². The second-order valence-corrected chi connectivity index (χ2v) is 4.43. The van der Waals surface area contributed by atoms with Crippen LogP contribution in [0.5, 0.6) is 5.75 Å². The Labute approximate surface area is 110 Å². The minimum Gasteiger partial charge on any atom is -0.493 e. The summed E-state index contributed by atoms with van der Waals surface area (Å²) in [5, 5.41) is 0. The van der Waals surface area contributed by atoms with Crippen molar-refractivity contribution >= 4 is 0 Å². The van der Waals surface area contributed by atoms with Crippen LogP contribution in [0.2, 0.25) is 0 Å². The molecule has 1 aliphatic rings. The van der Waals surface area contributed by atoms with E-state index in [0.717, 1.165) is 23.3 Å². The number of pyridine rings is 1. The summed E-state index contributed by atoms with van der Waals surface area (Å²) in [5.41, 5.74) is 5.10. The Morgan fingerprint density at radius 3 is 3.00 bits per heavy atom. The van der Waals surface area contributed by atoms with E-state index < -0.39 is 6.04 Å². The van der Waals surface area contributed by atoms with Crippen LogP contribution in [0.1, 0.15) is 22.7 Å². The maximum absolute atomic E-state index is 13.9. The maximum atomic E-state index is 13.9. The fourth-order valence-electron chi connectivity index (χ4n) is 2.44. The third kappa shape index (κ3) is 2.07. The van der Waals surface area contributed by atoms with Crippen LogP contribution < -0.4 is 16.0 Å². The molecule has 3 N–H and O–H groups in total. The molecule has 1 aliphatic heterocycles. The van der Waals surface area contributed by atoms with Gasteiger partial charge < -0.3 is 4.74 Å². The Bertz CT molecular complexity index is 603. The number of nitrogens with zero attached hydrogens (tertiary/aromatic N) is 1. The molecule has 1 unspecified atom stereocenters. The van der Waals surface area contributed by atoms with Gasteiger partial charge in [-0.1, -0.05) is 18.2 Å². The highest BCUT2D eigenvalue weighted by Crippen LogP contribution is 2.36. The number of hydrazine groups is 1. The van der Waals surface area contributed by atoms with Crippen LogP contribution in [-0.4, -0.2) is 11.6 Å². The number of hydrogen-bond donors (Lipinski definition) is 2. The van der Waals surface area contributed by atoms with Crippen LogP contribution in [0.4, 0.5) is 4.39 Å². The third-order valence-corrected chi connectivity index (χ3v) is 3.34. The summed E-state index contributed by atoms with van der Waals surface area (Å²) in [6.45, 7) is 0.655. The topological polar surface area (TPSA) is 60.2 Å². The fourth-order valence-corrected chi connectivity index (χ4v) is 2.44. The molecule has 0 fully saturated rings. The molecule has 98 valence electrons. The van der Waals surface area contributed by atoms with E-state index in [1.807, 2.05) is 18.2 Å². The van der Waals surface area contributed by atoms with Crippen molar-refractivity contribution in [2.45, 2.75) is 12.5 Å². The van der Waals surface area contributed by atoms with Gasteiger partial charge in [-0.15, -0.1) is 0 Å². The van der Waals surface area contributed by atoms with Crippen LogP contribution in [0, 0.1) is 5.82 Å². The number of rotatable bonds is 3. The van der Waals surface area contributed by atoms with E-state index in [1.165, 1.54) is 6.20 Å². The first-order chi connectivity index (χ1) is 9.31. The minimum atomic E-state index is -0.448. The van der Waals surface area contributed by atoms with Gasteiger partial charge in [-0.3, -0.25) is 10.8 Å². The lowest BCUT2D eigenvalue weighted by atomic mass is 9.97.